The average molecular weight is 256 g/mol. The molecule has 0 radical (unpaired) electrons. The number of hydrogen-bond acceptors (Lipinski definition) is 3. The lowest BCUT2D eigenvalue weighted by Crippen LogP contribution is -2.56. The van der Waals surface area contributed by atoms with Crippen molar-refractivity contribution in [2.45, 2.75) is 52.1 Å². The summed E-state index contributed by atoms with van der Waals surface area (Å²) in [6.45, 7) is 8.29. The number of hydrogen-bond donors (Lipinski definition) is 2. The van der Waals surface area contributed by atoms with Crippen LogP contribution in [0.2, 0.25) is 0 Å². The van der Waals surface area contributed by atoms with E-state index < -0.39 is 11.5 Å². The Morgan fingerprint density at radius 2 is 2.00 bits per heavy atom. The Bertz CT molecular complexity index is 323. The minimum Gasteiger partial charge on any atom is -0.480 e. The van der Waals surface area contributed by atoms with Gasteiger partial charge in [-0.25, -0.2) is 0 Å². The highest BCUT2D eigenvalue weighted by molar-refractivity contribution is 5.86. The fourth-order valence-corrected chi connectivity index (χ4v) is 2.26. The fourth-order valence-electron chi connectivity index (χ4n) is 2.26. The highest BCUT2D eigenvalue weighted by Gasteiger charge is 2.34. The largest absolute Gasteiger partial charge is 0.480 e. The van der Waals surface area contributed by atoms with E-state index in [0.717, 1.165) is 19.4 Å². The lowest BCUT2D eigenvalue weighted by atomic mass is 9.92. The van der Waals surface area contributed by atoms with Gasteiger partial charge in [-0.05, 0) is 46.1 Å². The lowest BCUT2D eigenvalue weighted by molar-refractivity contribution is -0.149. The van der Waals surface area contributed by atoms with Gasteiger partial charge in [0.15, 0.2) is 0 Å². The summed E-state index contributed by atoms with van der Waals surface area (Å²) >= 11 is 0. The molecule has 5 nitrogen and oxygen atoms in total. The molecular formula is C13H24N2O3. The van der Waals surface area contributed by atoms with Crippen molar-refractivity contribution in [3.8, 4) is 0 Å². The van der Waals surface area contributed by atoms with E-state index in [-0.39, 0.29) is 18.5 Å². The van der Waals surface area contributed by atoms with Gasteiger partial charge >= 0.3 is 5.97 Å². The van der Waals surface area contributed by atoms with Gasteiger partial charge in [0.25, 0.3) is 0 Å². The van der Waals surface area contributed by atoms with Gasteiger partial charge in [0.1, 0.15) is 6.54 Å². The first-order valence-electron chi connectivity index (χ1n) is 6.48. The average Bonchev–Trinajstić information content (AvgIpc) is 2.23. The van der Waals surface area contributed by atoms with Crippen LogP contribution in [0.4, 0.5) is 0 Å². The molecule has 1 amide bonds. The molecule has 0 aliphatic carbocycles. The second-order valence-electron chi connectivity index (χ2n) is 6.13. The predicted molar refractivity (Wildman–Crippen MR) is 69.3 cm³/mol. The van der Waals surface area contributed by atoms with E-state index in [0.29, 0.717) is 5.92 Å². The van der Waals surface area contributed by atoms with Crippen LogP contribution in [0.1, 0.15) is 40.5 Å². The zero-order valence-electron chi connectivity index (χ0n) is 11.7. The molecule has 1 aliphatic heterocycles. The third-order valence-electron chi connectivity index (χ3n) is 3.33. The second kappa shape index (κ2) is 5.69. The molecule has 104 valence electrons. The molecule has 2 N–H and O–H groups in total. The van der Waals surface area contributed by atoms with Gasteiger partial charge < -0.3 is 15.3 Å². The minimum absolute atomic E-state index is 0.101. The fraction of sp³-hybridized carbons (Fsp3) is 0.846. The molecule has 5 heteroatoms. The van der Waals surface area contributed by atoms with Crippen molar-refractivity contribution in [1.82, 2.24) is 10.2 Å². The van der Waals surface area contributed by atoms with Crippen LogP contribution in [0.3, 0.4) is 0 Å². The number of carbonyl (C=O) groups is 2. The molecule has 2 atom stereocenters. The summed E-state index contributed by atoms with van der Waals surface area (Å²) in [5.41, 5.74) is -0.474. The molecule has 1 saturated heterocycles. The van der Waals surface area contributed by atoms with Crippen molar-refractivity contribution in [2.75, 3.05) is 13.1 Å². The summed E-state index contributed by atoms with van der Waals surface area (Å²) in [6.07, 6.45) is 1.85. The van der Waals surface area contributed by atoms with E-state index in [1.165, 1.54) is 4.90 Å². The lowest BCUT2D eigenvalue weighted by Gasteiger charge is -2.39. The van der Waals surface area contributed by atoms with Crippen LogP contribution < -0.4 is 5.32 Å². The number of piperidine rings is 1. The van der Waals surface area contributed by atoms with Crippen LogP contribution in [0.15, 0.2) is 0 Å². The summed E-state index contributed by atoms with van der Waals surface area (Å²) in [5.74, 6) is -0.564. The number of amides is 1. The zero-order chi connectivity index (χ0) is 13.9. The van der Waals surface area contributed by atoms with Crippen LogP contribution in [0.5, 0.6) is 0 Å². The molecule has 0 spiro atoms. The molecule has 1 aliphatic rings. The maximum absolute atomic E-state index is 12.4. The standard InChI is InChI=1S/C13H24N2O3/c1-9-5-6-14-10(7-9)12(18)15(8-11(16)17)13(2,3)4/h9-10,14H,5-8H2,1-4H3,(H,16,17). The number of carbonyl (C=O) groups excluding carboxylic acids is 1. The van der Waals surface area contributed by atoms with Crippen molar-refractivity contribution in [1.29, 1.82) is 0 Å². The Labute approximate surface area is 109 Å². The van der Waals surface area contributed by atoms with E-state index in [1.54, 1.807) is 0 Å². The monoisotopic (exact) mass is 256 g/mol. The van der Waals surface area contributed by atoms with Gasteiger partial charge in [-0.2, -0.15) is 0 Å². The second-order valence-corrected chi connectivity index (χ2v) is 6.13. The minimum atomic E-state index is -0.970. The van der Waals surface area contributed by atoms with Gasteiger partial charge in [-0.15, -0.1) is 0 Å². The Balaban J connectivity index is 2.78. The summed E-state index contributed by atoms with van der Waals surface area (Å²) in [5, 5.41) is 12.1. The van der Waals surface area contributed by atoms with Crippen LogP contribution in [-0.2, 0) is 9.59 Å². The third-order valence-corrected chi connectivity index (χ3v) is 3.33. The molecule has 1 fully saturated rings. The number of aliphatic carboxylic acids is 1. The molecule has 0 aromatic heterocycles. The summed E-state index contributed by atoms with van der Waals surface area (Å²) < 4.78 is 0. The summed E-state index contributed by atoms with van der Waals surface area (Å²) in [6, 6.07) is -0.243. The number of nitrogens with one attached hydrogen (secondary N) is 1. The SMILES string of the molecule is CC1CCNC(C(=O)N(CC(=O)O)C(C)(C)C)C1. The number of carboxylic acid groups (broad SMARTS) is 1. The quantitative estimate of drug-likeness (QED) is 0.793. The maximum Gasteiger partial charge on any atom is 0.323 e. The summed E-state index contributed by atoms with van der Waals surface area (Å²) in [7, 11) is 0. The van der Waals surface area contributed by atoms with E-state index >= 15 is 0 Å². The number of carboxylic acids is 1. The molecule has 2 unspecified atom stereocenters. The molecule has 0 bridgehead atoms. The molecule has 0 aromatic rings. The normalized spacial score (nSPS) is 24.7. The Morgan fingerprint density at radius 1 is 1.39 bits per heavy atom. The van der Waals surface area contributed by atoms with E-state index in [4.69, 9.17) is 5.11 Å². The molecule has 18 heavy (non-hydrogen) atoms. The molecular weight excluding hydrogens is 232 g/mol. The third kappa shape index (κ3) is 3.98. The first-order chi connectivity index (χ1) is 8.21. The van der Waals surface area contributed by atoms with Crippen molar-refractivity contribution in [3.05, 3.63) is 0 Å². The smallest absolute Gasteiger partial charge is 0.323 e. The Hall–Kier alpha value is -1.10. The van der Waals surface area contributed by atoms with Crippen molar-refractivity contribution < 1.29 is 14.7 Å². The van der Waals surface area contributed by atoms with Gasteiger partial charge in [0.05, 0.1) is 6.04 Å². The molecule has 1 heterocycles. The van der Waals surface area contributed by atoms with Crippen LogP contribution in [-0.4, -0.2) is 46.6 Å². The number of nitrogens with zero attached hydrogens (tertiary/aromatic N) is 1. The first-order valence-corrected chi connectivity index (χ1v) is 6.48. The Morgan fingerprint density at radius 3 is 2.44 bits per heavy atom. The Kier molecular flexibility index (Phi) is 4.73. The topological polar surface area (TPSA) is 69.6 Å². The van der Waals surface area contributed by atoms with Gasteiger partial charge in [0, 0.05) is 5.54 Å². The van der Waals surface area contributed by atoms with E-state index in [9.17, 15) is 9.59 Å². The van der Waals surface area contributed by atoms with Gasteiger partial charge in [-0.3, -0.25) is 9.59 Å². The molecule has 0 saturated carbocycles. The summed E-state index contributed by atoms with van der Waals surface area (Å²) in [4.78, 5) is 24.8. The number of rotatable bonds is 3. The maximum atomic E-state index is 12.4. The zero-order valence-corrected chi connectivity index (χ0v) is 11.7. The van der Waals surface area contributed by atoms with Crippen molar-refractivity contribution in [2.24, 2.45) is 5.92 Å². The highest BCUT2D eigenvalue weighted by Crippen LogP contribution is 2.20. The van der Waals surface area contributed by atoms with Crippen LogP contribution >= 0.6 is 0 Å². The molecule has 0 aromatic carbocycles. The van der Waals surface area contributed by atoms with Crippen LogP contribution in [0, 0.1) is 5.92 Å². The highest BCUT2D eigenvalue weighted by atomic mass is 16.4. The predicted octanol–water partition coefficient (Wildman–Crippen LogP) is 1.09. The van der Waals surface area contributed by atoms with Gasteiger partial charge in [-0.1, -0.05) is 6.92 Å². The molecule has 1 rings (SSSR count). The van der Waals surface area contributed by atoms with Crippen LogP contribution in [0.25, 0.3) is 0 Å². The van der Waals surface area contributed by atoms with Crippen molar-refractivity contribution >= 4 is 11.9 Å². The van der Waals surface area contributed by atoms with Gasteiger partial charge in [0.2, 0.25) is 5.91 Å². The first kappa shape index (κ1) is 15.0. The van der Waals surface area contributed by atoms with Crippen molar-refractivity contribution in [3.63, 3.8) is 0 Å². The van der Waals surface area contributed by atoms with E-state index in [2.05, 4.69) is 12.2 Å². The van der Waals surface area contributed by atoms with E-state index in [1.807, 2.05) is 20.8 Å².